The molecule has 1 unspecified atom stereocenters. The largest absolute Gasteiger partial charge is 0.395 e. The number of hydrogen-bond acceptors (Lipinski definition) is 3. The smallest absolute Gasteiger partial charge is 0.238 e. The molecule has 1 atom stereocenters. The van der Waals surface area contributed by atoms with Crippen LogP contribution >= 0.6 is 0 Å². The van der Waals surface area contributed by atoms with E-state index >= 15 is 0 Å². The summed E-state index contributed by atoms with van der Waals surface area (Å²) in [4.78, 5) is 11.8. The van der Waals surface area contributed by atoms with Crippen LogP contribution in [0.3, 0.4) is 0 Å². The standard InChI is InChI=1S/C15H24N2O2/c1-11(2)7-14(10-18)16-9-15(19)17-13-6-4-5-12(3)8-13/h4-6,8,11,14,16,18H,7,9-10H2,1-3H3,(H,17,19). The number of aliphatic hydroxyl groups is 1. The van der Waals surface area contributed by atoms with E-state index in [1.807, 2.05) is 31.2 Å². The molecule has 0 aromatic heterocycles. The average Bonchev–Trinajstić information content (AvgIpc) is 2.34. The fourth-order valence-electron chi connectivity index (χ4n) is 1.96. The highest BCUT2D eigenvalue weighted by Gasteiger charge is 2.11. The van der Waals surface area contributed by atoms with Crippen molar-refractivity contribution in [3.05, 3.63) is 29.8 Å². The van der Waals surface area contributed by atoms with E-state index in [4.69, 9.17) is 0 Å². The van der Waals surface area contributed by atoms with Crippen LogP contribution in [0, 0.1) is 12.8 Å². The summed E-state index contributed by atoms with van der Waals surface area (Å²) in [7, 11) is 0. The van der Waals surface area contributed by atoms with Gasteiger partial charge in [0.15, 0.2) is 0 Å². The number of anilines is 1. The Bertz CT molecular complexity index is 405. The van der Waals surface area contributed by atoms with E-state index in [0.717, 1.165) is 17.7 Å². The molecule has 0 saturated heterocycles. The van der Waals surface area contributed by atoms with Gasteiger partial charge >= 0.3 is 0 Å². The molecule has 3 N–H and O–H groups in total. The lowest BCUT2D eigenvalue weighted by atomic mass is 10.0. The third kappa shape index (κ3) is 6.36. The molecule has 1 rings (SSSR count). The summed E-state index contributed by atoms with van der Waals surface area (Å²) in [6.45, 7) is 6.44. The van der Waals surface area contributed by atoms with Crippen molar-refractivity contribution in [3.63, 3.8) is 0 Å². The number of amides is 1. The molecule has 0 aliphatic rings. The average molecular weight is 264 g/mol. The number of hydrogen-bond donors (Lipinski definition) is 3. The number of aliphatic hydroxyl groups excluding tert-OH is 1. The van der Waals surface area contributed by atoms with Crippen molar-refractivity contribution in [2.24, 2.45) is 5.92 Å². The van der Waals surface area contributed by atoms with Crippen LogP contribution in [0.4, 0.5) is 5.69 Å². The Morgan fingerprint density at radius 3 is 2.68 bits per heavy atom. The molecular formula is C15H24N2O2. The quantitative estimate of drug-likeness (QED) is 0.705. The van der Waals surface area contributed by atoms with Gasteiger partial charge in [-0.2, -0.15) is 0 Å². The van der Waals surface area contributed by atoms with Crippen LogP contribution in [-0.2, 0) is 4.79 Å². The first-order valence-electron chi connectivity index (χ1n) is 6.72. The molecule has 4 heteroatoms. The van der Waals surface area contributed by atoms with Crippen LogP contribution in [0.5, 0.6) is 0 Å². The van der Waals surface area contributed by atoms with Crippen molar-refractivity contribution >= 4 is 11.6 Å². The highest BCUT2D eigenvalue weighted by Crippen LogP contribution is 2.09. The first-order chi connectivity index (χ1) is 9.01. The number of carbonyl (C=O) groups excluding carboxylic acids is 1. The lowest BCUT2D eigenvalue weighted by Gasteiger charge is -2.18. The second-order valence-electron chi connectivity index (χ2n) is 5.31. The van der Waals surface area contributed by atoms with Crippen molar-refractivity contribution in [1.82, 2.24) is 5.32 Å². The number of aryl methyl sites for hydroxylation is 1. The van der Waals surface area contributed by atoms with E-state index in [1.165, 1.54) is 0 Å². The Morgan fingerprint density at radius 2 is 2.11 bits per heavy atom. The summed E-state index contributed by atoms with van der Waals surface area (Å²) in [6.07, 6.45) is 0.855. The minimum atomic E-state index is -0.0900. The number of nitrogens with one attached hydrogen (secondary N) is 2. The lowest BCUT2D eigenvalue weighted by molar-refractivity contribution is -0.115. The predicted molar refractivity (Wildman–Crippen MR) is 78.1 cm³/mol. The zero-order valence-corrected chi connectivity index (χ0v) is 11.9. The molecule has 1 amide bonds. The van der Waals surface area contributed by atoms with Gasteiger partial charge in [0, 0.05) is 11.7 Å². The molecule has 0 aliphatic heterocycles. The molecule has 19 heavy (non-hydrogen) atoms. The Hall–Kier alpha value is -1.39. The molecule has 106 valence electrons. The lowest BCUT2D eigenvalue weighted by Crippen LogP contribution is -2.39. The molecule has 0 heterocycles. The van der Waals surface area contributed by atoms with Gasteiger partial charge in [-0.15, -0.1) is 0 Å². The highest BCUT2D eigenvalue weighted by atomic mass is 16.3. The Kier molecular flexibility index (Phi) is 6.53. The number of benzene rings is 1. The van der Waals surface area contributed by atoms with Crippen molar-refractivity contribution in [3.8, 4) is 0 Å². The summed E-state index contributed by atoms with van der Waals surface area (Å²) < 4.78 is 0. The maximum Gasteiger partial charge on any atom is 0.238 e. The molecule has 1 aromatic carbocycles. The van der Waals surface area contributed by atoms with Gasteiger partial charge < -0.3 is 15.7 Å². The van der Waals surface area contributed by atoms with Crippen LogP contribution in [0.15, 0.2) is 24.3 Å². The zero-order chi connectivity index (χ0) is 14.3. The van der Waals surface area contributed by atoms with Crippen molar-refractivity contribution < 1.29 is 9.90 Å². The Labute approximate surface area is 115 Å². The Morgan fingerprint density at radius 1 is 1.37 bits per heavy atom. The van der Waals surface area contributed by atoms with E-state index in [0.29, 0.717) is 5.92 Å². The highest BCUT2D eigenvalue weighted by molar-refractivity contribution is 5.92. The molecular weight excluding hydrogens is 240 g/mol. The van der Waals surface area contributed by atoms with E-state index in [1.54, 1.807) is 0 Å². The summed E-state index contributed by atoms with van der Waals surface area (Å²) in [5.41, 5.74) is 1.91. The molecule has 1 aromatic rings. The van der Waals surface area contributed by atoms with Gasteiger partial charge in [0.25, 0.3) is 0 Å². The van der Waals surface area contributed by atoms with Crippen molar-refractivity contribution in [2.75, 3.05) is 18.5 Å². The second-order valence-corrected chi connectivity index (χ2v) is 5.31. The molecule has 0 fully saturated rings. The molecule has 0 spiro atoms. The van der Waals surface area contributed by atoms with Gasteiger partial charge in [-0.3, -0.25) is 4.79 Å². The third-order valence-electron chi connectivity index (χ3n) is 2.83. The zero-order valence-electron chi connectivity index (χ0n) is 11.9. The molecule has 4 nitrogen and oxygen atoms in total. The van der Waals surface area contributed by atoms with Crippen LogP contribution in [0.25, 0.3) is 0 Å². The normalized spacial score (nSPS) is 12.5. The monoisotopic (exact) mass is 264 g/mol. The fraction of sp³-hybridized carbons (Fsp3) is 0.533. The minimum absolute atomic E-state index is 0.0248. The summed E-state index contributed by atoms with van der Waals surface area (Å²) >= 11 is 0. The van der Waals surface area contributed by atoms with E-state index in [9.17, 15) is 9.90 Å². The fourth-order valence-corrected chi connectivity index (χ4v) is 1.96. The SMILES string of the molecule is Cc1cccc(NC(=O)CNC(CO)CC(C)C)c1. The van der Waals surface area contributed by atoms with E-state index < -0.39 is 0 Å². The summed E-state index contributed by atoms with van der Waals surface area (Å²) in [6, 6.07) is 7.66. The first kappa shape index (κ1) is 15.7. The topological polar surface area (TPSA) is 61.4 Å². The second kappa shape index (κ2) is 7.92. The molecule has 0 radical (unpaired) electrons. The Balaban J connectivity index is 2.38. The molecule has 0 aliphatic carbocycles. The van der Waals surface area contributed by atoms with Crippen LogP contribution in [-0.4, -0.2) is 30.2 Å². The van der Waals surface area contributed by atoms with Gasteiger partial charge in [0.2, 0.25) is 5.91 Å². The van der Waals surface area contributed by atoms with Crippen molar-refractivity contribution in [1.29, 1.82) is 0 Å². The van der Waals surface area contributed by atoms with Gasteiger partial charge in [-0.25, -0.2) is 0 Å². The molecule has 0 bridgehead atoms. The van der Waals surface area contributed by atoms with E-state index in [2.05, 4.69) is 24.5 Å². The number of carbonyl (C=O) groups is 1. The van der Waals surface area contributed by atoms with E-state index in [-0.39, 0.29) is 25.1 Å². The van der Waals surface area contributed by atoms with Gasteiger partial charge in [-0.05, 0) is 37.0 Å². The maximum absolute atomic E-state index is 11.8. The van der Waals surface area contributed by atoms with Crippen LogP contribution in [0.1, 0.15) is 25.8 Å². The maximum atomic E-state index is 11.8. The third-order valence-corrected chi connectivity index (χ3v) is 2.83. The van der Waals surface area contributed by atoms with Gasteiger partial charge in [0.1, 0.15) is 0 Å². The summed E-state index contributed by atoms with van der Waals surface area (Å²) in [5.74, 6) is 0.400. The van der Waals surface area contributed by atoms with Crippen molar-refractivity contribution in [2.45, 2.75) is 33.2 Å². The number of rotatable bonds is 7. The van der Waals surface area contributed by atoms with Gasteiger partial charge in [0.05, 0.1) is 13.2 Å². The van der Waals surface area contributed by atoms with Gasteiger partial charge in [-0.1, -0.05) is 26.0 Å². The first-order valence-corrected chi connectivity index (χ1v) is 6.72. The minimum Gasteiger partial charge on any atom is -0.395 e. The predicted octanol–water partition coefficient (Wildman–Crippen LogP) is 1.93. The van der Waals surface area contributed by atoms with Crippen LogP contribution in [0.2, 0.25) is 0 Å². The summed E-state index contributed by atoms with van der Waals surface area (Å²) in [5, 5.41) is 15.1. The van der Waals surface area contributed by atoms with Crippen LogP contribution < -0.4 is 10.6 Å². The molecule has 0 saturated carbocycles.